The van der Waals surface area contributed by atoms with E-state index in [0.29, 0.717) is 13.0 Å². The lowest BCUT2D eigenvalue weighted by Gasteiger charge is -2.28. The molecule has 1 fully saturated rings. The second-order valence-corrected chi connectivity index (χ2v) is 6.22. The summed E-state index contributed by atoms with van der Waals surface area (Å²) in [4.78, 5) is 14.2. The Morgan fingerprint density at radius 2 is 1.69 bits per heavy atom. The topological polar surface area (TPSA) is 41.6 Å². The van der Waals surface area contributed by atoms with Crippen molar-refractivity contribution in [3.8, 4) is 0 Å². The summed E-state index contributed by atoms with van der Waals surface area (Å²) in [5.41, 5.74) is 1.82. The van der Waals surface area contributed by atoms with Gasteiger partial charge in [-0.05, 0) is 42.7 Å². The fraction of sp³-hybridized carbons (Fsp3) is 0.350. The first-order chi connectivity index (χ1) is 12.6. The van der Waals surface area contributed by atoms with Crippen LogP contribution in [0.1, 0.15) is 22.3 Å². The number of nitrogens with one attached hydrogen (secondary N) is 1. The Morgan fingerprint density at radius 3 is 2.35 bits per heavy atom. The number of halogens is 2. The first-order valence-electron chi connectivity index (χ1n) is 8.79. The largest absolute Gasteiger partial charge is 0.378 e. The number of ether oxygens (including phenoxy) is 1. The highest BCUT2D eigenvalue weighted by Gasteiger charge is 2.16. The summed E-state index contributed by atoms with van der Waals surface area (Å²) in [5.74, 6) is -2.41. The van der Waals surface area contributed by atoms with Crippen molar-refractivity contribution in [1.82, 2.24) is 5.32 Å². The molecule has 1 saturated heterocycles. The van der Waals surface area contributed by atoms with E-state index in [0.717, 1.165) is 50.4 Å². The minimum absolute atomic E-state index is 0.359. The molecule has 0 radical (unpaired) electrons. The fourth-order valence-electron chi connectivity index (χ4n) is 2.99. The van der Waals surface area contributed by atoms with E-state index >= 15 is 0 Å². The molecule has 138 valence electrons. The molecule has 26 heavy (non-hydrogen) atoms. The summed E-state index contributed by atoms with van der Waals surface area (Å²) in [6, 6.07) is 11.7. The van der Waals surface area contributed by atoms with Crippen molar-refractivity contribution in [2.45, 2.75) is 12.8 Å². The van der Waals surface area contributed by atoms with Crippen LogP contribution >= 0.6 is 0 Å². The number of hydrogen-bond acceptors (Lipinski definition) is 3. The lowest BCUT2D eigenvalue weighted by Crippen LogP contribution is -2.36. The monoisotopic (exact) mass is 360 g/mol. The molecule has 0 bridgehead atoms. The summed E-state index contributed by atoms with van der Waals surface area (Å²) >= 11 is 0. The molecule has 6 heteroatoms. The molecule has 0 spiro atoms. The molecule has 0 saturated carbocycles. The summed E-state index contributed by atoms with van der Waals surface area (Å²) in [5, 5.41) is 2.57. The van der Waals surface area contributed by atoms with Crippen molar-refractivity contribution in [1.29, 1.82) is 0 Å². The maximum absolute atomic E-state index is 13.6. The van der Waals surface area contributed by atoms with Gasteiger partial charge in [-0.15, -0.1) is 0 Å². The van der Waals surface area contributed by atoms with Crippen LogP contribution in [0.2, 0.25) is 0 Å². The van der Waals surface area contributed by atoms with E-state index < -0.39 is 23.1 Å². The van der Waals surface area contributed by atoms with E-state index in [1.165, 1.54) is 11.8 Å². The van der Waals surface area contributed by atoms with Gasteiger partial charge in [-0.2, -0.15) is 0 Å². The maximum Gasteiger partial charge on any atom is 0.257 e. The van der Waals surface area contributed by atoms with Crippen LogP contribution in [0, 0.1) is 11.6 Å². The van der Waals surface area contributed by atoms with Gasteiger partial charge in [0.15, 0.2) is 0 Å². The van der Waals surface area contributed by atoms with Gasteiger partial charge in [0.05, 0.1) is 13.2 Å². The Bertz CT molecular complexity index is 724. The van der Waals surface area contributed by atoms with Crippen LogP contribution in [0.3, 0.4) is 0 Å². The lowest BCUT2D eigenvalue weighted by molar-refractivity contribution is 0.0944. The third-order valence-corrected chi connectivity index (χ3v) is 4.43. The molecule has 0 aromatic heterocycles. The summed E-state index contributed by atoms with van der Waals surface area (Å²) in [6.07, 6.45) is 1.47. The number of nitrogens with zero attached hydrogens (tertiary/aromatic N) is 1. The normalized spacial score (nSPS) is 14.3. The zero-order valence-corrected chi connectivity index (χ0v) is 14.5. The second kappa shape index (κ2) is 8.76. The highest BCUT2D eigenvalue weighted by atomic mass is 19.1. The smallest absolute Gasteiger partial charge is 0.257 e. The summed E-state index contributed by atoms with van der Waals surface area (Å²) in [7, 11) is 0. The van der Waals surface area contributed by atoms with Crippen LogP contribution in [0.25, 0.3) is 0 Å². The number of amides is 1. The number of hydrogen-bond donors (Lipinski definition) is 1. The minimum Gasteiger partial charge on any atom is -0.378 e. The average Bonchev–Trinajstić information content (AvgIpc) is 2.66. The van der Waals surface area contributed by atoms with Crippen molar-refractivity contribution in [2.24, 2.45) is 0 Å². The lowest BCUT2D eigenvalue weighted by atomic mass is 10.1. The number of carbonyl (C=O) groups excluding carboxylic acids is 1. The quantitative estimate of drug-likeness (QED) is 0.805. The van der Waals surface area contributed by atoms with Gasteiger partial charge in [-0.25, -0.2) is 8.78 Å². The van der Waals surface area contributed by atoms with Crippen molar-refractivity contribution < 1.29 is 18.3 Å². The van der Waals surface area contributed by atoms with Crippen LogP contribution < -0.4 is 10.2 Å². The van der Waals surface area contributed by atoms with Gasteiger partial charge in [-0.3, -0.25) is 4.79 Å². The van der Waals surface area contributed by atoms with Crippen molar-refractivity contribution in [2.75, 3.05) is 37.7 Å². The molecular formula is C20H22F2N2O2. The van der Waals surface area contributed by atoms with Gasteiger partial charge >= 0.3 is 0 Å². The SMILES string of the molecule is O=C(NCCCc1ccc(N2CCOCC2)cc1)c1c(F)cccc1F. The molecule has 1 aliphatic rings. The van der Waals surface area contributed by atoms with E-state index in [-0.39, 0.29) is 0 Å². The van der Waals surface area contributed by atoms with Crippen molar-refractivity contribution >= 4 is 11.6 Å². The number of morpholine rings is 1. The number of carbonyl (C=O) groups is 1. The van der Waals surface area contributed by atoms with Gasteiger partial charge in [0.25, 0.3) is 5.91 Å². The molecule has 3 rings (SSSR count). The zero-order valence-electron chi connectivity index (χ0n) is 14.5. The molecule has 0 atom stereocenters. The summed E-state index contributed by atoms with van der Waals surface area (Å²) in [6.45, 7) is 3.67. The van der Waals surface area contributed by atoms with Gasteiger partial charge in [0.1, 0.15) is 17.2 Å². The maximum atomic E-state index is 13.6. The van der Waals surface area contributed by atoms with Gasteiger partial charge in [0.2, 0.25) is 0 Å². The Morgan fingerprint density at radius 1 is 1.04 bits per heavy atom. The Labute approximate surface area is 151 Å². The molecule has 4 nitrogen and oxygen atoms in total. The van der Waals surface area contributed by atoms with Crippen molar-refractivity contribution in [3.63, 3.8) is 0 Å². The number of aryl methyl sites for hydroxylation is 1. The molecule has 0 unspecified atom stereocenters. The van der Waals surface area contributed by atoms with E-state index in [9.17, 15) is 13.6 Å². The standard InChI is InChI=1S/C20H22F2N2O2/c21-17-4-1-5-18(22)19(17)20(25)23-10-2-3-15-6-8-16(9-7-15)24-11-13-26-14-12-24/h1,4-9H,2-3,10-14H2,(H,23,25). The van der Waals surface area contributed by atoms with Gasteiger partial charge in [0, 0.05) is 25.3 Å². The Balaban J connectivity index is 1.45. The minimum atomic E-state index is -0.846. The van der Waals surface area contributed by atoms with Crippen LogP contribution in [0.5, 0.6) is 0 Å². The third kappa shape index (κ3) is 4.58. The molecule has 1 heterocycles. The second-order valence-electron chi connectivity index (χ2n) is 6.22. The highest BCUT2D eigenvalue weighted by Crippen LogP contribution is 2.17. The van der Waals surface area contributed by atoms with Crippen LogP contribution in [-0.4, -0.2) is 38.8 Å². The highest BCUT2D eigenvalue weighted by molar-refractivity contribution is 5.94. The Kier molecular flexibility index (Phi) is 6.17. The first-order valence-corrected chi connectivity index (χ1v) is 8.79. The van der Waals surface area contributed by atoms with E-state index in [1.54, 1.807) is 0 Å². The predicted molar refractivity (Wildman–Crippen MR) is 96.5 cm³/mol. The number of benzene rings is 2. The molecule has 1 aliphatic heterocycles. The number of rotatable bonds is 6. The van der Waals surface area contributed by atoms with Gasteiger partial charge in [-0.1, -0.05) is 18.2 Å². The molecular weight excluding hydrogens is 338 g/mol. The molecule has 0 aliphatic carbocycles. The van der Waals surface area contributed by atoms with Crippen LogP contribution in [-0.2, 0) is 11.2 Å². The summed E-state index contributed by atoms with van der Waals surface area (Å²) < 4.78 is 32.5. The Hall–Kier alpha value is -2.47. The van der Waals surface area contributed by atoms with Crippen LogP contribution in [0.15, 0.2) is 42.5 Å². The van der Waals surface area contributed by atoms with E-state index in [1.807, 2.05) is 0 Å². The van der Waals surface area contributed by atoms with Gasteiger partial charge < -0.3 is 15.0 Å². The molecule has 1 amide bonds. The molecule has 2 aromatic rings. The molecule has 2 aromatic carbocycles. The van der Waals surface area contributed by atoms with E-state index in [2.05, 4.69) is 34.5 Å². The van der Waals surface area contributed by atoms with Crippen molar-refractivity contribution in [3.05, 3.63) is 65.2 Å². The first kappa shape index (κ1) is 18.3. The molecule has 1 N–H and O–H groups in total. The number of anilines is 1. The van der Waals surface area contributed by atoms with E-state index in [4.69, 9.17) is 4.74 Å². The fourth-order valence-corrected chi connectivity index (χ4v) is 2.99. The van der Waals surface area contributed by atoms with Crippen LogP contribution in [0.4, 0.5) is 14.5 Å². The zero-order chi connectivity index (χ0) is 18.4. The average molecular weight is 360 g/mol. The third-order valence-electron chi connectivity index (χ3n) is 4.43. The predicted octanol–water partition coefficient (Wildman–Crippen LogP) is 3.16.